The number of hydrogen-bond acceptors (Lipinski definition) is 3. The lowest BCUT2D eigenvalue weighted by Gasteiger charge is -2.12. The van der Waals surface area contributed by atoms with Crippen LogP contribution >= 0.6 is 0 Å². The van der Waals surface area contributed by atoms with E-state index in [2.05, 4.69) is 5.32 Å². The van der Waals surface area contributed by atoms with Crippen LogP contribution in [0.1, 0.15) is 33.1 Å². The number of ether oxygens (including phenoxy) is 1. The van der Waals surface area contributed by atoms with E-state index in [-0.39, 0.29) is 24.0 Å². The van der Waals surface area contributed by atoms with Gasteiger partial charge >= 0.3 is 0 Å². The molecule has 0 heterocycles. The van der Waals surface area contributed by atoms with Crippen molar-refractivity contribution in [2.75, 3.05) is 13.2 Å². The third-order valence-corrected chi connectivity index (χ3v) is 2.70. The third-order valence-electron chi connectivity index (χ3n) is 2.70. The predicted molar refractivity (Wildman–Crippen MR) is 59.4 cm³/mol. The van der Waals surface area contributed by atoms with E-state index < -0.39 is 0 Å². The highest BCUT2D eigenvalue weighted by Gasteiger charge is 2.27. The van der Waals surface area contributed by atoms with Crippen LogP contribution in [0.25, 0.3) is 0 Å². The lowest BCUT2D eigenvalue weighted by Crippen LogP contribution is -2.33. The largest absolute Gasteiger partial charge is 0.377 e. The average molecular weight is 214 g/mol. The molecule has 0 radical (unpaired) electrons. The van der Waals surface area contributed by atoms with Gasteiger partial charge in [0.2, 0.25) is 5.91 Å². The van der Waals surface area contributed by atoms with Crippen molar-refractivity contribution < 1.29 is 9.53 Å². The first-order chi connectivity index (χ1) is 7.09. The Balaban J connectivity index is 2.08. The number of carbonyl (C=O) groups is 1. The van der Waals surface area contributed by atoms with Crippen molar-refractivity contribution in [3.8, 4) is 0 Å². The zero-order valence-electron chi connectivity index (χ0n) is 9.66. The van der Waals surface area contributed by atoms with Crippen molar-refractivity contribution >= 4 is 5.91 Å². The van der Waals surface area contributed by atoms with Gasteiger partial charge in [0.1, 0.15) is 0 Å². The first-order valence-corrected chi connectivity index (χ1v) is 5.74. The molecule has 0 aromatic heterocycles. The Kier molecular flexibility index (Phi) is 5.05. The van der Waals surface area contributed by atoms with Crippen LogP contribution in [0.15, 0.2) is 0 Å². The van der Waals surface area contributed by atoms with E-state index in [0.717, 1.165) is 19.3 Å². The molecule has 4 heteroatoms. The van der Waals surface area contributed by atoms with Crippen LogP contribution in [0.4, 0.5) is 0 Å². The molecule has 0 spiro atoms. The van der Waals surface area contributed by atoms with Gasteiger partial charge in [0.15, 0.2) is 0 Å². The standard InChI is InChI=1S/C11H22N2O2/c1-8(2)15-6-5-13-11(14)9-3-4-10(12)7-9/h8-10H,3-7,12H2,1-2H3,(H,13,14). The second-order valence-electron chi connectivity index (χ2n) is 4.48. The topological polar surface area (TPSA) is 64.3 Å². The summed E-state index contributed by atoms with van der Waals surface area (Å²) in [6.07, 6.45) is 2.96. The van der Waals surface area contributed by atoms with Crippen molar-refractivity contribution in [1.82, 2.24) is 5.32 Å². The second kappa shape index (κ2) is 6.08. The minimum atomic E-state index is 0.124. The maximum absolute atomic E-state index is 11.6. The number of nitrogens with one attached hydrogen (secondary N) is 1. The van der Waals surface area contributed by atoms with E-state index in [1.54, 1.807) is 0 Å². The molecule has 0 aromatic carbocycles. The summed E-state index contributed by atoms with van der Waals surface area (Å²) in [6.45, 7) is 5.15. The Labute approximate surface area is 91.5 Å². The number of carbonyl (C=O) groups excluding carboxylic acids is 1. The molecule has 1 amide bonds. The van der Waals surface area contributed by atoms with Gasteiger partial charge in [0.25, 0.3) is 0 Å². The minimum absolute atomic E-state index is 0.124. The quantitative estimate of drug-likeness (QED) is 0.661. The summed E-state index contributed by atoms with van der Waals surface area (Å²) in [6, 6.07) is 0.215. The van der Waals surface area contributed by atoms with E-state index >= 15 is 0 Å². The number of amides is 1. The SMILES string of the molecule is CC(C)OCCNC(=O)C1CCC(N)C1. The highest BCUT2D eigenvalue weighted by molar-refractivity contribution is 5.78. The van der Waals surface area contributed by atoms with Crippen LogP contribution in [-0.2, 0) is 9.53 Å². The number of nitrogens with two attached hydrogens (primary N) is 1. The van der Waals surface area contributed by atoms with E-state index in [9.17, 15) is 4.79 Å². The third kappa shape index (κ3) is 4.62. The lowest BCUT2D eigenvalue weighted by molar-refractivity contribution is -0.125. The van der Waals surface area contributed by atoms with Gasteiger partial charge in [0.05, 0.1) is 12.7 Å². The van der Waals surface area contributed by atoms with Gasteiger partial charge in [0, 0.05) is 18.5 Å². The van der Waals surface area contributed by atoms with Gasteiger partial charge in [-0.2, -0.15) is 0 Å². The van der Waals surface area contributed by atoms with E-state index in [4.69, 9.17) is 10.5 Å². The van der Waals surface area contributed by atoms with Gasteiger partial charge in [-0.05, 0) is 33.1 Å². The molecular formula is C11H22N2O2. The van der Waals surface area contributed by atoms with Gasteiger partial charge in [-0.25, -0.2) is 0 Å². The molecule has 0 bridgehead atoms. The monoisotopic (exact) mass is 214 g/mol. The maximum atomic E-state index is 11.6. The van der Waals surface area contributed by atoms with Crippen LogP contribution in [0.2, 0.25) is 0 Å². The Morgan fingerprint density at radius 1 is 1.53 bits per heavy atom. The van der Waals surface area contributed by atoms with Crippen molar-refractivity contribution in [2.24, 2.45) is 11.7 Å². The van der Waals surface area contributed by atoms with Gasteiger partial charge < -0.3 is 15.8 Å². The molecule has 1 fully saturated rings. The number of hydrogen-bond donors (Lipinski definition) is 2. The highest BCUT2D eigenvalue weighted by atomic mass is 16.5. The Morgan fingerprint density at radius 3 is 2.80 bits per heavy atom. The molecule has 15 heavy (non-hydrogen) atoms. The van der Waals surface area contributed by atoms with Crippen LogP contribution < -0.4 is 11.1 Å². The molecule has 4 nitrogen and oxygen atoms in total. The van der Waals surface area contributed by atoms with E-state index in [1.165, 1.54) is 0 Å². The van der Waals surface area contributed by atoms with Crippen LogP contribution in [-0.4, -0.2) is 31.2 Å². The molecule has 1 aliphatic carbocycles. The fraction of sp³-hybridized carbons (Fsp3) is 0.909. The summed E-state index contributed by atoms with van der Waals surface area (Å²) in [5, 5.41) is 2.88. The van der Waals surface area contributed by atoms with Crippen molar-refractivity contribution in [1.29, 1.82) is 0 Å². The second-order valence-corrected chi connectivity index (χ2v) is 4.48. The summed E-state index contributed by atoms with van der Waals surface area (Å²) < 4.78 is 5.34. The maximum Gasteiger partial charge on any atom is 0.223 e. The summed E-state index contributed by atoms with van der Waals surface area (Å²) in [7, 11) is 0. The van der Waals surface area contributed by atoms with Crippen molar-refractivity contribution in [2.45, 2.75) is 45.3 Å². The fourth-order valence-electron chi connectivity index (χ4n) is 1.87. The average Bonchev–Trinajstić information content (AvgIpc) is 2.59. The summed E-state index contributed by atoms with van der Waals surface area (Å²) in [4.78, 5) is 11.6. The highest BCUT2D eigenvalue weighted by Crippen LogP contribution is 2.23. The molecule has 88 valence electrons. The molecule has 1 saturated carbocycles. The van der Waals surface area contributed by atoms with E-state index in [0.29, 0.717) is 13.2 Å². The van der Waals surface area contributed by atoms with Gasteiger partial charge in [-0.3, -0.25) is 4.79 Å². The van der Waals surface area contributed by atoms with Crippen molar-refractivity contribution in [3.63, 3.8) is 0 Å². The first kappa shape index (κ1) is 12.5. The number of rotatable bonds is 5. The zero-order valence-corrected chi connectivity index (χ0v) is 9.66. The molecule has 0 aliphatic heterocycles. The molecular weight excluding hydrogens is 192 g/mol. The summed E-state index contributed by atoms with van der Waals surface area (Å²) >= 11 is 0. The summed E-state index contributed by atoms with van der Waals surface area (Å²) in [5.74, 6) is 0.259. The molecule has 2 atom stereocenters. The van der Waals surface area contributed by atoms with Crippen LogP contribution in [0, 0.1) is 5.92 Å². The molecule has 3 N–H and O–H groups in total. The van der Waals surface area contributed by atoms with Crippen molar-refractivity contribution in [3.05, 3.63) is 0 Å². The molecule has 0 aromatic rings. The molecule has 0 saturated heterocycles. The lowest BCUT2D eigenvalue weighted by atomic mass is 10.1. The summed E-state index contributed by atoms with van der Waals surface area (Å²) in [5.41, 5.74) is 5.75. The smallest absolute Gasteiger partial charge is 0.223 e. The van der Waals surface area contributed by atoms with E-state index in [1.807, 2.05) is 13.8 Å². The molecule has 2 unspecified atom stereocenters. The Bertz CT molecular complexity index is 207. The Morgan fingerprint density at radius 2 is 2.27 bits per heavy atom. The first-order valence-electron chi connectivity index (χ1n) is 5.74. The zero-order chi connectivity index (χ0) is 11.3. The predicted octanol–water partition coefficient (Wildman–Crippen LogP) is 0.655. The Hall–Kier alpha value is -0.610. The van der Waals surface area contributed by atoms with Crippen LogP contribution in [0.5, 0.6) is 0 Å². The van der Waals surface area contributed by atoms with Crippen LogP contribution in [0.3, 0.4) is 0 Å². The van der Waals surface area contributed by atoms with Gasteiger partial charge in [-0.1, -0.05) is 0 Å². The molecule has 1 rings (SSSR count). The molecule has 1 aliphatic rings. The fourth-order valence-corrected chi connectivity index (χ4v) is 1.87. The minimum Gasteiger partial charge on any atom is -0.377 e. The van der Waals surface area contributed by atoms with Gasteiger partial charge in [-0.15, -0.1) is 0 Å². The normalized spacial score (nSPS) is 25.9.